The van der Waals surface area contributed by atoms with Crippen LogP contribution < -0.4 is 4.74 Å². The molecule has 0 unspecified atom stereocenters. The summed E-state index contributed by atoms with van der Waals surface area (Å²) in [5.74, 6) is -1.07. The molecule has 0 saturated heterocycles. The van der Waals surface area contributed by atoms with E-state index in [0.29, 0.717) is 25.9 Å². The van der Waals surface area contributed by atoms with Crippen molar-refractivity contribution in [3.8, 4) is 5.75 Å². The van der Waals surface area contributed by atoms with Crippen LogP contribution in [0, 0.1) is 17.0 Å². The van der Waals surface area contributed by atoms with Crippen LogP contribution in [0.2, 0.25) is 0 Å². The zero-order chi connectivity index (χ0) is 14.5. The molecule has 0 heterocycles. The maximum absolute atomic E-state index is 13.2. The van der Waals surface area contributed by atoms with Crippen molar-refractivity contribution in [1.82, 2.24) is 0 Å². The van der Waals surface area contributed by atoms with Gasteiger partial charge in [-0.3, -0.25) is 4.79 Å². The number of hydrogen-bond donors (Lipinski definition) is 0. The highest BCUT2D eigenvalue weighted by Crippen LogP contribution is 2.20. The van der Waals surface area contributed by atoms with Gasteiger partial charge >= 0.3 is 0 Å². The van der Waals surface area contributed by atoms with E-state index in [9.17, 15) is 13.6 Å². The Labute approximate surface area is 112 Å². The summed E-state index contributed by atoms with van der Waals surface area (Å²) >= 11 is 0. The summed E-state index contributed by atoms with van der Waals surface area (Å²) in [6.45, 7) is 5.99. The third-order valence-corrected chi connectivity index (χ3v) is 2.79. The van der Waals surface area contributed by atoms with Crippen LogP contribution in [0.15, 0.2) is 18.2 Å². The van der Waals surface area contributed by atoms with Gasteiger partial charge < -0.3 is 4.74 Å². The number of rotatable bonds is 6. The average molecular weight is 270 g/mol. The van der Waals surface area contributed by atoms with E-state index in [1.165, 1.54) is 6.07 Å². The lowest BCUT2D eigenvalue weighted by atomic mass is 9.88. The number of Topliss-reactive ketones (excluding diaryl/α,β-unsaturated/α-hetero) is 1. The molecule has 0 saturated carbocycles. The van der Waals surface area contributed by atoms with Gasteiger partial charge in [-0.15, -0.1) is 0 Å². The molecule has 0 bridgehead atoms. The van der Waals surface area contributed by atoms with Gasteiger partial charge in [0, 0.05) is 17.9 Å². The van der Waals surface area contributed by atoms with Crippen LogP contribution in [-0.4, -0.2) is 12.4 Å². The third kappa shape index (κ3) is 5.37. The minimum absolute atomic E-state index is 0.0450. The fraction of sp³-hybridized carbons (Fsp3) is 0.533. The van der Waals surface area contributed by atoms with E-state index in [-0.39, 0.29) is 16.9 Å². The SMILES string of the molecule is CC(C)(C)C(=O)CCCCOc1ccc(F)cc1F. The molecule has 19 heavy (non-hydrogen) atoms. The van der Waals surface area contributed by atoms with Crippen molar-refractivity contribution in [2.24, 2.45) is 5.41 Å². The smallest absolute Gasteiger partial charge is 0.167 e. The lowest BCUT2D eigenvalue weighted by molar-refractivity contribution is -0.126. The zero-order valence-corrected chi connectivity index (χ0v) is 11.6. The fourth-order valence-corrected chi connectivity index (χ4v) is 1.54. The van der Waals surface area contributed by atoms with Crippen LogP contribution in [0.3, 0.4) is 0 Å². The molecule has 1 aromatic rings. The maximum atomic E-state index is 13.2. The first-order valence-electron chi connectivity index (χ1n) is 6.42. The van der Waals surface area contributed by atoms with E-state index < -0.39 is 11.6 Å². The molecule has 0 fully saturated rings. The van der Waals surface area contributed by atoms with Crippen molar-refractivity contribution in [1.29, 1.82) is 0 Å². The van der Waals surface area contributed by atoms with Crippen LogP contribution >= 0.6 is 0 Å². The van der Waals surface area contributed by atoms with Gasteiger partial charge in [0.05, 0.1) is 6.61 Å². The average Bonchev–Trinajstić information content (AvgIpc) is 2.29. The number of halogens is 2. The van der Waals surface area contributed by atoms with Gasteiger partial charge in [0.2, 0.25) is 0 Å². The van der Waals surface area contributed by atoms with Crippen LogP contribution in [-0.2, 0) is 4.79 Å². The molecule has 106 valence electrons. The van der Waals surface area contributed by atoms with Crippen LogP contribution in [0.4, 0.5) is 8.78 Å². The van der Waals surface area contributed by atoms with Gasteiger partial charge in [-0.2, -0.15) is 0 Å². The minimum Gasteiger partial charge on any atom is -0.491 e. The molecule has 0 spiro atoms. The summed E-state index contributed by atoms with van der Waals surface area (Å²) in [6, 6.07) is 3.21. The fourth-order valence-electron chi connectivity index (χ4n) is 1.54. The second kappa shape index (κ2) is 6.64. The Morgan fingerprint density at radius 2 is 1.89 bits per heavy atom. The first-order valence-corrected chi connectivity index (χ1v) is 6.42. The summed E-state index contributed by atoms with van der Waals surface area (Å²) in [4.78, 5) is 11.6. The Balaban J connectivity index is 2.26. The molecule has 0 aliphatic heterocycles. The minimum atomic E-state index is -0.703. The van der Waals surface area contributed by atoms with E-state index in [4.69, 9.17) is 4.74 Å². The van der Waals surface area contributed by atoms with Gasteiger partial charge in [0.15, 0.2) is 11.6 Å². The molecule has 0 aromatic heterocycles. The Bertz CT molecular complexity index is 436. The second-order valence-electron chi connectivity index (χ2n) is 5.55. The molecule has 0 aliphatic carbocycles. The first kappa shape index (κ1) is 15.6. The van der Waals surface area contributed by atoms with Crippen molar-refractivity contribution in [2.75, 3.05) is 6.61 Å². The molecule has 1 rings (SSSR count). The number of benzene rings is 1. The molecular formula is C15H20F2O2. The van der Waals surface area contributed by atoms with Crippen molar-refractivity contribution in [3.05, 3.63) is 29.8 Å². The summed E-state index contributed by atoms with van der Waals surface area (Å²) in [7, 11) is 0. The Kier molecular flexibility index (Phi) is 5.45. The Hall–Kier alpha value is -1.45. The standard InChI is InChI=1S/C15H20F2O2/c1-15(2,3)14(18)6-4-5-9-19-13-8-7-11(16)10-12(13)17/h7-8,10H,4-6,9H2,1-3H3. The van der Waals surface area contributed by atoms with Gasteiger partial charge in [-0.05, 0) is 25.0 Å². The molecular weight excluding hydrogens is 250 g/mol. The molecule has 0 amide bonds. The van der Waals surface area contributed by atoms with Crippen molar-refractivity contribution < 1.29 is 18.3 Å². The third-order valence-electron chi connectivity index (χ3n) is 2.79. The molecule has 0 atom stereocenters. The largest absolute Gasteiger partial charge is 0.491 e. The normalized spacial score (nSPS) is 11.4. The predicted molar refractivity (Wildman–Crippen MR) is 70.2 cm³/mol. The summed E-state index contributed by atoms with van der Waals surface area (Å²) in [5.41, 5.74) is -0.316. The number of carbonyl (C=O) groups is 1. The van der Waals surface area contributed by atoms with Gasteiger partial charge in [0.25, 0.3) is 0 Å². The quantitative estimate of drug-likeness (QED) is 0.726. The maximum Gasteiger partial charge on any atom is 0.167 e. The number of hydrogen-bond acceptors (Lipinski definition) is 2. The van der Waals surface area contributed by atoms with Crippen LogP contribution in [0.25, 0.3) is 0 Å². The molecule has 4 heteroatoms. The summed E-state index contributed by atoms with van der Waals surface area (Å²) in [5, 5.41) is 0. The molecule has 0 N–H and O–H groups in total. The highest BCUT2D eigenvalue weighted by Gasteiger charge is 2.19. The molecule has 2 nitrogen and oxygen atoms in total. The molecule has 0 aliphatic rings. The second-order valence-corrected chi connectivity index (χ2v) is 5.55. The number of unbranched alkanes of at least 4 members (excludes halogenated alkanes) is 1. The Morgan fingerprint density at radius 3 is 2.47 bits per heavy atom. The molecule has 1 aromatic carbocycles. The molecule has 0 radical (unpaired) electrons. The van der Waals surface area contributed by atoms with Crippen LogP contribution in [0.5, 0.6) is 5.75 Å². The summed E-state index contributed by atoms with van der Waals surface area (Å²) < 4.78 is 31.1. The highest BCUT2D eigenvalue weighted by molar-refractivity contribution is 5.83. The summed E-state index contributed by atoms with van der Waals surface area (Å²) in [6.07, 6.45) is 1.87. The van der Waals surface area contributed by atoms with Gasteiger partial charge in [-0.1, -0.05) is 20.8 Å². The van der Waals surface area contributed by atoms with Gasteiger partial charge in [0.1, 0.15) is 11.6 Å². The zero-order valence-electron chi connectivity index (χ0n) is 11.6. The predicted octanol–water partition coefficient (Wildman–Crippen LogP) is 4.13. The number of ether oxygens (including phenoxy) is 1. The number of carbonyl (C=O) groups excluding carboxylic acids is 1. The van der Waals surface area contributed by atoms with Crippen molar-refractivity contribution in [3.63, 3.8) is 0 Å². The first-order chi connectivity index (χ1) is 8.80. The van der Waals surface area contributed by atoms with E-state index in [2.05, 4.69) is 0 Å². The number of ketones is 1. The Morgan fingerprint density at radius 1 is 1.21 bits per heavy atom. The lowest BCUT2D eigenvalue weighted by Crippen LogP contribution is -2.19. The van der Waals surface area contributed by atoms with E-state index in [1.807, 2.05) is 20.8 Å². The topological polar surface area (TPSA) is 26.3 Å². The van der Waals surface area contributed by atoms with E-state index >= 15 is 0 Å². The van der Waals surface area contributed by atoms with Crippen LogP contribution in [0.1, 0.15) is 40.0 Å². The van der Waals surface area contributed by atoms with E-state index in [1.54, 1.807) is 0 Å². The van der Waals surface area contributed by atoms with Gasteiger partial charge in [-0.25, -0.2) is 8.78 Å². The van der Waals surface area contributed by atoms with Crippen molar-refractivity contribution in [2.45, 2.75) is 40.0 Å². The van der Waals surface area contributed by atoms with Crippen molar-refractivity contribution >= 4 is 5.78 Å². The van der Waals surface area contributed by atoms with E-state index in [0.717, 1.165) is 12.1 Å². The lowest BCUT2D eigenvalue weighted by Gasteiger charge is -2.16. The highest BCUT2D eigenvalue weighted by atomic mass is 19.1. The monoisotopic (exact) mass is 270 g/mol.